The fourth-order valence-electron chi connectivity index (χ4n) is 3.48. The minimum atomic E-state index is 0.599. The number of aromatic nitrogens is 2. The Labute approximate surface area is 188 Å². The van der Waals surface area contributed by atoms with Gasteiger partial charge < -0.3 is 27.4 Å². The number of rotatable bonds is 9. The summed E-state index contributed by atoms with van der Waals surface area (Å²) in [5.74, 6) is 0. The highest BCUT2D eigenvalue weighted by Gasteiger charge is 2.07. The summed E-state index contributed by atoms with van der Waals surface area (Å²) in [4.78, 5) is 0. The maximum Gasteiger partial charge on any atom is 0.243 e. The highest BCUT2D eigenvalue weighted by atomic mass is 15.1. The fourth-order valence-corrected chi connectivity index (χ4v) is 3.48. The van der Waals surface area contributed by atoms with Crippen molar-refractivity contribution >= 4 is 39.8 Å². The maximum absolute atomic E-state index is 6.21. The van der Waals surface area contributed by atoms with Crippen molar-refractivity contribution in [3.63, 3.8) is 0 Å². The summed E-state index contributed by atoms with van der Waals surface area (Å²) in [5.41, 5.74) is 18.2. The Kier molecular flexibility index (Phi) is 6.46. The Bertz CT molecular complexity index is 1150. The van der Waals surface area contributed by atoms with Crippen LogP contribution in [-0.2, 0) is 13.6 Å². The van der Waals surface area contributed by atoms with E-state index in [1.807, 2.05) is 66.3 Å². The van der Waals surface area contributed by atoms with Gasteiger partial charge in [0.25, 0.3) is 0 Å². The Morgan fingerprint density at radius 3 is 2.06 bits per heavy atom. The first-order valence-corrected chi connectivity index (χ1v) is 10.7. The number of anilines is 7. The first-order valence-electron chi connectivity index (χ1n) is 10.7. The van der Waals surface area contributed by atoms with Gasteiger partial charge in [0.15, 0.2) is 0 Å². The van der Waals surface area contributed by atoms with Crippen molar-refractivity contribution in [2.45, 2.75) is 13.0 Å². The molecule has 0 aliphatic heterocycles. The number of nitrogens with zero attached hydrogens (tertiary/aromatic N) is 2. The van der Waals surface area contributed by atoms with Crippen molar-refractivity contribution in [3.05, 3.63) is 85.5 Å². The molecule has 0 amide bonds. The maximum atomic E-state index is 6.21. The third kappa shape index (κ3) is 5.51. The molecule has 32 heavy (non-hydrogen) atoms. The van der Waals surface area contributed by atoms with Crippen LogP contribution in [0.1, 0.15) is 6.42 Å². The molecular weight excluding hydrogens is 398 g/mol. The number of nitrogens with two attached hydrogens (primary N) is 2. The number of hydrogen-bond acceptors (Lipinski definition) is 5. The van der Waals surface area contributed by atoms with Crippen LogP contribution in [-0.4, -0.2) is 11.1 Å². The van der Waals surface area contributed by atoms with E-state index in [-0.39, 0.29) is 0 Å². The summed E-state index contributed by atoms with van der Waals surface area (Å²) in [6.07, 6.45) is 7.27. The monoisotopic (exact) mass is 428 g/mol. The summed E-state index contributed by atoms with van der Waals surface area (Å²) < 4.78 is 4.24. The molecule has 0 saturated heterocycles. The van der Waals surface area contributed by atoms with Crippen LogP contribution < -0.4 is 32.0 Å². The molecule has 4 rings (SSSR count). The van der Waals surface area contributed by atoms with Crippen LogP contribution in [0.25, 0.3) is 0 Å². The number of nitrogen functional groups attached to an aromatic ring is 2. The number of aryl methyl sites for hydroxylation is 2. The molecule has 3 aromatic carbocycles. The molecule has 4 aromatic rings. The highest BCUT2D eigenvalue weighted by molar-refractivity contribution is 5.85. The predicted octanol–water partition coefficient (Wildman–Crippen LogP) is 4.47. The minimum Gasteiger partial charge on any atom is -0.397 e. The molecule has 7 N–H and O–H groups in total. The molecule has 0 radical (unpaired) electrons. The zero-order valence-corrected chi connectivity index (χ0v) is 18.3. The molecule has 0 saturated carbocycles. The van der Waals surface area contributed by atoms with E-state index in [4.69, 9.17) is 11.5 Å². The standard InChI is InChI=1S/C25H30N7/c1-31-14-15-32(18-31)13-5-12-28-19-8-10-21(11-9-19)30-25-17-24(22(26)16-23(25)27)29-20-6-3-2-4-7-20/h2-4,6-11,14-18,28-30H,5,12-13,26-27H2,1H3/q+1. The Morgan fingerprint density at radius 2 is 1.44 bits per heavy atom. The van der Waals surface area contributed by atoms with Gasteiger partial charge >= 0.3 is 0 Å². The van der Waals surface area contributed by atoms with Crippen molar-refractivity contribution in [2.75, 3.05) is 34.0 Å². The number of para-hydroxylation sites is 1. The van der Waals surface area contributed by atoms with Crippen LogP contribution in [0, 0.1) is 0 Å². The van der Waals surface area contributed by atoms with Crippen LogP contribution in [0.3, 0.4) is 0 Å². The van der Waals surface area contributed by atoms with E-state index in [9.17, 15) is 0 Å². The molecular formula is C25H30N7+. The fraction of sp³-hybridized carbons (Fsp3) is 0.160. The lowest BCUT2D eigenvalue weighted by molar-refractivity contribution is -0.671. The second kappa shape index (κ2) is 9.78. The molecule has 0 aliphatic rings. The first-order chi connectivity index (χ1) is 15.6. The van der Waals surface area contributed by atoms with Crippen LogP contribution >= 0.6 is 0 Å². The lowest BCUT2D eigenvalue weighted by Gasteiger charge is -2.15. The zero-order valence-electron chi connectivity index (χ0n) is 18.3. The Balaban J connectivity index is 1.34. The number of benzene rings is 3. The average molecular weight is 429 g/mol. The third-order valence-corrected chi connectivity index (χ3v) is 5.18. The van der Waals surface area contributed by atoms with Crippen LogP contribution in [0.2, 0.25) is 0 Å². The molecule has 164 valence electrons. The second-order valence-electron chi connectivity index (χ2n) is 7.82. The zero-order chi connectivity index (χ0) is 22.3. The van der Waals surface area contributed by atoms with Crippen molar-refractivity contribution in [1.29, 1.82) is 0 Å². The third-order valence-electron chi connectivity index (χ3n) is 5.18. The quantitative estimate of drug-likeness (QED) is 0.154. The summed E-state index contributed by atoms with van der Waals surface area (Å²) in [5, 5.41) is 10.2. The summed E-state index contributed by atoms with van der Waals surface area (Å²) in [7, 11) is 2.03. The van der Waals surface area contributed by atoms with Crippen molar-refractivity contribution in [2.24, 2.45) is 7.05 Å². The number of nitrogens with one attached hydrogen (secondary N) is 3. The molecule has 1 heterocycles. The van der Waals surface area contributed by atoms with E-state index < -0.39 is 0 Å². The van der Waals surface area contributed by atoms with Gasteiger partial charge in [0.05, 0.1) is 36.3 Å². The first kappa shape index (κ1) is 21.1. The second-order valence-corrected chi connectivity index (χ2v) is 7.82. The van der Waals surface area contributed by atoms with Gasteiger partial charge in [0.1, 0.15) is 12.4 Å². The van der Waals surface area contributed by atoms with Crippen LogP contribution in [0.15, 0.2) is 85.5 Å². The lowest BCUT2D eigenvalue weighted by atomic mass is 10.2. The Morgan fingerprint density at radius 1 is 0.812 bits per heavy atom. The summed E-state index contributed by atoms with van der Waals surface area (Å²) in [6.45, 7) is 1.90. The molecule has 0 atom stereocenters. The van der Waals surface area contributed by atoms with Gasteiger partial charge in [-0.3, -0.25) is 0 Å². The molecule has 0 unspecified atom stereocenters. The van der Waals surface area contributed by atoms with E-state index in [0.29, 0.717) is 11.4 Å². The van der Waals surface area contributed by atoms with Gasteiger partial charge in [-0.1, -0.05) is 18.2 Å². The van der Waals surface area contributed by atoms with E-state index in [2.05, 4.69) is 45.2 Å². The smallest absolute Gasteiger partial charge is 0.243 e. The SMILES string of the molecule is C[n+]1ccn(CCCNc2ccc(Nc3cc(Nc4ccccc4)c(N)cc3N)cc2)c1. The van der Waals surface area contributed by atoms with Gasteiger partial charge in [0, 0.05) is 30.0 Å². The molecule has 7 nitrogen and oxygen atoms in total. The molecule has 0 bridgehead atoms. The predicted molar refractivity (Wildman–Crippen MR) is 133 cm³/mol. The van der Waals surface area contributed by atoms with Gasteiger partial charge in [-0.05, 0) is 48.5 Å². The van der Waals surface area contributed by atoms with Crippen LogP contribution in [0.4, 0.5) is 39.8 Å². The molecule has 1 aromatic heterocycles. The van der Waals surface area contributed by atoms with Crippen molar-refractivity contribution < 1.29 is 4.57 Å². The lowest BCUT2D eigenvalue weighted by Crippen LogP contribution is -2.23. The van der Waals surface area contributed by atoms with Gasteiger partial charge in [0.2, 0.25) is 6.33 Å². The number of imidazole rings is 1. The molecule has 0 spiro atoms. The molecule has 0 fully saturated rings. The topological polar surface area (TPSA) is 96.9 Å². The normalized spacial score (nSPS) is 10.7. The van der Waals surface area contributed by atoms with E-state index >= 15 is 0 Å². The summed E-state index contributed by atoms with van der Waals surface area (Å²) >= 11 is 0. The highest BCUT2D eigenvalue weighted by Crippen LogP contribution is 2.33. The van der Waals surface area contributed by atoms with Crippen molar-refractivity contribution in [1.82, 2.24) is 4.57 Å². The van der Waals surface area contributed by atoms with E-state index in [1.54, 1.807) is 6.07 Å². The van der Waals surface area contributed by atoms with Crippen LogP contribution in [0.5, 0.6) is 0 Å². The van der Waals surface area contributed by atoms with Gasteiger partial charge in [-0.15, -0.1) is 0 Å². The van der Waals surface area contributed by atoms with E-state index in [0.717, 1.165) is 47.9 Å². The summed E-state index contributed by atoms with van der Waals surface area (Å²) in [6, 6.07) is 21.8. The molecule has 0 aliphatic carbocycles. The number of hydrogen-bond donors (Lipinski definition) is 5. The average Bonchev–Trinajstić information content (AvgIpc) is 3.21. The molecule has 7 heteroatoms. The Hall–Kier alpha value is -4.13. The largest absolute Gasteiger partial charge is 0.397 e. The van der Waals surface area contributed by atoms with E-state index in [1.165, 1.54) is 0 Å². The minimum absolute atomic E-state index is 0.599. The van der Waals surface area contributed by atoms with Gasteiger partial charge in [-0.25, -0.2) is 9.13 Å². The van der Waals surface area contributed by atoms with Crippen molar-refractivity contribution in [3.8, 4) is 0 Å². The van der Waals surface area contributed by atoms with Gasteiger partial charge in [-0.2, -0.15) is 0 Å².